The van der Waals surface area contributed by atoms with Crippen molar-refractivity contribution in [2.24, 2.45) is 0 Å². The average Bonchev–Trinajstić information content (AvgIpc) is 3.13. The van der Waals surface area contributed by atoms with Gasteiger partial charge in [-0.3, -0.25) is 4.79 Å². The molecule has 2 rings (SSSR count). The van der Waals surface area contributed by atoms with Crippen LogP contribution in [-0.4, -0.2) is 65.0 Å². The minimum atomic E-state index is 0.0262. The highest BCUT2D eigenvalue weighted by Gasteiger charge is 2.36. The van der Waals surface area contributed by atoms with Crippen LogP contribution >= 0.6 is 11.8 Å². The monoisotopic (exact) mass is 313 g/mol. The second-order valence-corrected chi connectivity index (χ2v) is 7.11. The van der Waals surface area contributed by atoms with Gasteiger partial charge in [0.15, 0.2) is 0 Å². The van der Waals surface area contributed by atoms with Gasteiger partial charge in [-0.1, -0.05) is 0 Å². The Kier molecular flexibility index (Phi) is 5.79. The van der Waals surface area contributed by atoms with Gasteiger partial charge in [0, 0.05) is 37.8 Å². The highest BCUT2D eigenvalue weighted by molar-refractivity contribution is 7.98. The van der Waals surface area contributed by atoms with Crippen LogP contribution in [0.2, 0.25) is 0 Å². The van der Waals surface area contributed by atoms with Gasteiger partial charge in [-0.25, -0.2) is 4.79 Å². The van der Waals surface area contributed by atoms with Crippen molar-refractivity contribution in [1.29, 1.82) is 0 Å². The molecule has 1 N–H and O–H groups in total. The molecule has 0 aromatic heterocycles. The van der Waals surface area contributed by atoms with E-state index in [9.17, 15) is 9.59 Å². The molecule has 1 saturated carbocycles. The number of amides is 3. The standard InChI is InChI=1S/C15H27N3O2S/c1-11(10-21-3)16-15(20)17-8-4-5-14(17)9-18(12(2)19)13-6-7-13/h11,13-14H,4-10H2,1-3H3,(H,16,20)/t11-,14+/m1/s1. The van der Waals surface area contributed by atoms with Gasteiger partial charge in [0.25, 0.3) is 0 Å². The fourth-order valence-electron chi connectivity index (χ4n) is 3.03. The lowest BCUT2D eigenvalue weighted by Gasteiger charge is -2.31. The van der Waals surface area contributed by atoms with E-state index in [1.807, 2.05) is 23.0 Å². The predicted molar refractivity (Wildman–Crippen MR) is 86.5 cm³/mol. The number of likely N-dealkylation sites (tertiary alicyclic amines) is 1. The number of carbonyl (C=O) groups excluding carboxylic acids is 2. The first-order valence-electron chi connectivity index (χ1n) is 7.86. The van der Waals surface area contributed by atoms with Gasteiger partial charge in [0.2, 0.25) is 5.91 Å². The number of nitrogens with zero attached hydrogens (tertiary/aromatic N) is 2. The van der Waals surface area contributed by atoms with Crippen LogP contribution in [0, 0.1) is 0 Å². The molecular weight excluding hydrogens is 286 g/mol. The fourth-order valence-corrected chi connectivity index (χ4v) is 3.61. The van der Waals surface area contributed by atoms with Crippen molar-refractivity contribution in [3.05, 3.63) is 0 Å². The third kappa shape index (κ3) is 4.53. The molecule has 6 heteroatoms. The smallest absolute Gasteiger partial charge is 0.317 e. The number of hydrogen-bond donors (Lipinski definition) is 1. The molecule has 21 heavy (non-hydrogen) atoms. The Hall–Kier alpha value is -0.910. The second-order valence-electron chi connectivity index (χ2n) is 6.20. The largest absolute Gasteiger partial charge is 0.338 e. The van der Waals surface area contributed by atoms with Crippen LogP contribution in [0.3, 0.4) is 0 Å². The molecule has 120 valence electrons. The van der Waals surface area contributed by atoms with Crippen LogP contribution in [0.25, 0.3) is 0 Å². The lowest BCUT2D eigenvalue weighted by Crippen LogP contribution is -2.50. The van der Waals surface area contributed by atoms with Gasteiger partial charge in [-0.05, 0) is 38.9 Å². The Morgan fingerprint density at radius 3 is 2.67 bits per heavy atom. The molecule has 2 aliphatic rings. The zero-order valence-corrected chi connectivity index (χ0v) is 14.1. The van der Waals surface area contributed by atoms with E-state index in [2.05, 4.69) is 5.32 Å². The fraction of sp³-hybridized carbons (Fsp3) is 0.867. The summed E-state index contributed by atoms with van der Waals surface area (Å²) in [5.41, 5.74) is 0. The zero-order chi connectivity index (χ0) is 15.4. The molecular formula is C15H27N3O2S. The van der Waals surface area contributed by atoms with Crippen LogP contribution in [-0.2, 0) is 4.79 Å². The molecule has 2 atom stereocenters. The van der Waals surface area contributed by atoms with E-state index in [1.54, 1.807) is 18.7 Å². The molecule has 0 unspecified atom stereocenters. The molecule has 0 aromatic rings. The van der Waals surface area contributed by atoms with E-state index < -0.39 is 0 Å². The van der Waals surface area contributed by atoms with Crippen molar-refractivity contribution < 1.29 is 9.59 Å². The molecule has 0 radical (unpaired) electrons. The number of carbonyl (C=O) groups is 2. The van der Waals surface area contributed by atoms with E-state index in [0.29, 0.717) is 12.6 Å². The first kappa shape index (κ1) is 16.5. The number of thioether (sulfide) groups is 1. The van der Waals surface area contributed by atoms with Crippen LogP contribution in [0.1, 0.15) is 39.5 Å². The number of rotatable bonds is 6. The number of nitrogens with one attached hydrogen (secondary N) is 1. The summed E-state index contributed by atoms with van der Waals surface area (Å²) < 4.78 is 0. The third-order valence-electron chi connectivity index (χ3n) is 4.22. The molecule has 0 bridgehead atoms. The molecule has 3 amide bonds. The van der Waals surface area contributed by atoms with Crippen molar-refractivity contribution in [3.63, 3.8) is 0 Å². The Balaban J connectivity index is 1.89. The first-order chi connectivity index (χ1) is 10.0. The van der Waals surface area contributed by atoms with E-state index >= 15 is 0 Å². The van der Waals surface area contributed by atoms with Crippen molar-refractivity contribution in [2.75, 3.05) is 25.1 Å². The second kappa shape index (κ2) is 7.38. The summed E-state index contributed by atoms with van der Waals surface area (Å²) in [5.74, 6) is 1.06. The molecule has 5 nitrogen and oxygen atoms in total. The molecule has 0 aromatic carbocycles. The van der Waals surface area contributed by atoms with Crippen molar-refractivity contribution in [1.82, 2.24) is 15.1 Å². The SMILES string of the molecule is CSC[C@@H](C)NC(=O)N1CCC[C@H]1CN(C(C)=O)C1CC1. The highest BCUT2D eigenvalue weighted by atomic mass is 32.2. The summed E-state index contributed by atoms with van der Waals surface area (Å²) in [6.07, 6.45) is 6.31. The van der Waals surface area contributed by atoms with Crippen molar-refractivity contribution in [3.8, 4) is 0 Å². The van der Waals surface area contributed by atoms with Gasteiger partial charge >= 0.3 is 6.03 Å². The van der Waals surface area contributed by atoms with Gasteiger partial charge in [-0.2, -0.15) is 11.8 Å². The highest BCUT2D eigenvalue weighted by Crippen LogP contribution is 2.29. The summed E-state index contributed by atoms with van der Waals surface area (Å²) in [7, 11) is 0. The van der Waals surface area contributed by atoms with Crippen LogP contribution < -0.4 is 5.32 Å². The summed E-state index contributed by atoms with van der Waals surface area (Å²) in [4.78, 5) is 28.0. The maximum Gasteiger partial charge on any atom is 0.317 e. The van der Waals surface area contributed by atoms with Crippen LogP contribution in [0.4, 0.5) is 4.79 Å². The van der Waals surface area contributed by atoms with Crippen LogP contribution in [0.5, 0.6) is 0 Å². The molecule has 2 fully saturated rings. The minimum absolute atomic E-state index is 0.0262. The average molecular weight is 313 g/mol. The minimum Gasteiger partial charge on any atom is -0.338 e. The Morgan fingerprint density at radius 1 is 1.38 bits per heavy atom. The Labute approximate surface area is 131 Å². The summed E-state index contributed by atoms with van der Waals surface area (Å²) in [5, 5.41) is 3.06. The molecule has 1 saturated heterocycles. The third-order valence-corrected chi connectivity index (χ3v) is 5.06. The maximum absolute atomic E-state index is 12.4. The van der Waals surface area contributed by atoms with Gasteiger partial charge in [0.05, 0.1) is 6.04 Å². The molecule has 1 aliphatic heterocycles. The lowest BCUT2D eigenvalue weighted by atomic mass is 10.2. The van der Waals surface area contributed by atoms with E-state index in [0.717, 1.165) is 38.0 Å². The van der Waals surface area contributed by atoms with Gasteiger partial charge < -0.3 is 15.1 Å². The zero-order valence-electron chi connectivity index (χ0n) is 13.3. The van der Waals surface area contributed by atoms with Crippen molar-refractivity contribution >= 4 is 23.7 Å². The molecule has 1 heterocycles. The van der Waals surface area contributed by atoms with Gasteiger partial charge in [-0.15, -0.1) is 0 Å². The number of hydrogen-bond acceptors (Lipinski definition) is 3. The summed E-state index contributed by atoms with van der Waals surface area (Å²) >= 11 is 1.74. The maximum atomic E-state index is 12.4. The number of urea groups is 1. The van der Waals surface area contributed by atoms with E-state index in [1.165, 1.54) is 0 Å². The lowest BCUT2D eigenvalue weighted by molar-refractivity contribution is -0.130. The van der Waals surface area contributed by atoms with Gasteiger partial charge in [0.1, 0.15) is 0 Å². The topological polar surface area (TPSA) is 52.7 Å². The molecule has 1 aliphatic carbocycles. The Bertz CT molecular complexity index is 387. The van der Waals surface area contributed by atoms with E-state index in [-0.39, 0.29) is 24.0 Å². The predicted octanol–water partition coefficient (Wildman–Crippen LogP) is 1.92. The Morgan fingerprint density at radius 2 is 2.10 bits per heavy atom. The summed E-state index contributed by atoms with van der Waals surface area (Å²) in [6.45, 7) is 5.17. The van der Waals surface area contributed by atoms with Crippen LogP contribution in [0.15, 0.2) is 0 Å². The molecule has 0 spiro atoms. The van der Waals surface area contributed by atoms with E-state index in [4.69, 9.17) is 0 Å². The quantitative estimate of drug-likeness (QED) is 0.815. The van der Waals surface area contributed by atoms with Crippen molar-refractivity contribution in [2.45, 2.75) is 57.7 Å². The normalized spacial score (nSPS) is 23.0. The summed E-state index contributed by atoms with van der Waals surface area (Å²) in [6, 6.07) is 0.804. The first-order valence-corrected chi connectivity index (χ1v) is 9.25.